The topological polar surface area (TPSA) is 237 Å². The first kappa shape index (κ1) is 61.4. The average Bonchev–Trinajstić information content (AvgIpc) is 3.67. The Morgan fingerprint density at radius 3 is 0.714 bits per heavy atom. The van der Waals surface area contributed by atoms with Gasteiger partial charge in [-0.25, -0.2) is 43.2 Å². The number of hydrogen-bond donors (Lipinski definition) is 0. The summed E-state index contributed by atoms with van der Waals surface area (Å²) >= 11 is 0. The van der Waals surface area contributed by atoms with Crippen LogP contribution in [-0.2, 0) is 14.2 Å². The maximum absolute atomic E-state index is 14.0. The summed E-state index contributed by atoms with van der Waals surface area (Å²) in [6.45, 7) is 7.03. The van der Waals surface area contributed by atoms with E-state index in [4.69, 9.17) is 42.6 Å². The summed E-state index contributed by atoms with van der Waals surface area (Å²) in [5.41, 5.74) is 0.154. The number of ether oxygens (including phenoxy) is 9. The summed E-state index contributed by atoms with van der Waals surface area (Å²) in [6, 6.07) is 37.0. The molecule has 0 heterocycles. The van der Waals surface area contributed by atoms with Gasteiger partial charge in [-0.05, 0) is 183 Å². The van der Waals surface area contributed by atoms with Crippen LogP contribution in [0.15, 0.2) is 164 Å². The van der Waals surface area contributed by atoms with Crippen molar-refractivity contribution in [3.63, 3.8) is 0 Å². The maximum Gasteiger partial charge on any atom is 0.344 e. The lowest BCUT2D eigenvalue weighted by Gasteiger charge is -2.12. The number of benzene rings is 7. The maximum atomic E-state index is 14.0. The lowest BCUT2D eigenvalue weighted by atomic mass is 10.0. The van der Waals surface area contributed by atoms with Gasteiger partial charge in [-0.1, -0.05) is 59.3 Å². The second-order valence-corrected chi connectivity index (χ2v) is 18.8. The monoisotopic (exact) mass is 1140 g/mol. The predicted octanol–water partition coefficient (Wildman–Crippen LogP) is 13.0. The molecule has 18 heteroatoms. The number of hydrogen-bond acceptors (Lipinski definition) is 18. The molecule has 7 aromatic rings. The molecule has 18 nitrogen and oxygen atoms in total. The quantitative estimate of drug-likeness (QED) is 0.0201. The zero-order valence-electron chi connectivity index (χ0n) is 46.4. The number of unbranched alkanes of at least 4 members (excludes halogenated alkanes) is 6. The summed E-state index contributed by atoms with van der Waals surface area (Å²) in [7, 11) is 0. The summed E-state index contributed by atoms with van der Waals surface area (Å²) in [6.07, 6.45) is 8.02. The van der Waals surface area contributed by atoms with Crippen LogP contribution in [0.5, 0.6) is 34.5 Å². The molecule has 0 saturated heterocycles. The highest BCUT2D eigenvalue weighted by molar-refractivity contribution is 6.07. The Hall–Kier alpha value is -10.2. The fourth-order valence-electron chi connectivity index (χ4n) is 7.76. The Bertz CT molecular complexity index is 3420. The van der Waals surface area contributed by atoms with E-state index < -0.39 is 59.3 Å². The van der Waals surface area contributed by atoms with Gasteiger partial charge in [0.15, 0.2) is 0 Å². The largest absolute Gasteiger partial charge is 0.462 e. The van der Waals surface area contributed by atoms with Gasteiger partial charge >= 0.3 is 53.7 Å². The number of esters is 9. The normalized spacial score (nSPS) is 10.6. The molecule has 0 spiro atoms. The minimum atomic E-state index is -1.12. The Morgan fingerprint density at radius 2 is 0.452 bits per heavy atom. The van der Waals surface area contributed by atoms with E-state index in [1.165, 1.54) is 152 Å². The Labute approximate surface area is 484 Å². The number of rotatable bonds is 27. The van der Waals surface area contributed by atoms with E-state index >= 15 is 0 Å². The third kappa shape index (κ3) is 18.1. The van der Waals surface area contributed by atoms with Crippen LogP contribution in [0.1, 0.15) is 172 Å². The van der Waals surface area contributed by atoms with Crippen LogP contribution in [-0.4, -0.2) is 73.5 Å². The average molecular weight is 1140 g/mol. The minimum Gasteiger partial charge on any atom is -0.462 e. The van der Waals surface area contributed by atoms with Gasteiger partial charge in [0.05, 0.1) is 69.9 Å². The van der Waals surface area contributed by atoms with E-state index in [1.54, 1.807) is 0 Å². The molecule has 0 amide bonds. The van der Waals surface area contributed by atoms with Crippen molar-refractivity contribution >= 4 is 53.7 Å². The van der Waals surface area contributed by atoms with E-state index in [2.05, 4.69) is 0 Å². The first-order valence-electron chi connectivity index (χ1n) is 27.3. The molecule has 0 atom stereocenters. The molecule has 0 unspecified atom stereocenters. The second kappa shape index (κ2) is 31.1. The third-order valence-electron chi connectivity index (χ3n) is 12.4. The van der Waals surface area contributed by atoms with Gasteiger partial charge in [0, 0.05) is 0 Å². The molecule has 0 bridgehead atoms. The van der Waals surface area contributed by atoms with E-state index in [0.29, 0.717) is 30.9 Å². The molecule has 432 valence electrons. The predicted molar refractivity (Wildman–Crippen MR) is 304 cm³/mol. The summed E-state index contributed by atoms with van der Waals surface area (Å²) in [4.78, 5) is 118. The van der Waals surface area contributed by atoms with Crippen molar-refractivity contribution in [3.8, 4) is 34.5 Å². The highest BCUT2D eigenvalue weighted by Crippen LogP contribution is 2.25. The van der Waals surface area contributed by atoms with Crippen LogP contribution >= 0.6 is 0 Å². The van der Waals surface area contributed by atoms with Crippen LogP contribution in [0, 0.1) is 0 Å². The van der Waals surface area contributed by atoms with Gasteiger partial charge < -0.3 is 42.6 Å². The number of carbonyl (C=O) groups is 9. The van der Waals surface area contributed by atoms with Crippen molar-refractivity contribution < 1.29 is 85.8 Å². The van der Waals surface area contributed by atoms with Gasteiger partial charge in [-0.2, -0.15) is 0 Å². The van der Waals surface area contributed by atoms with Crippen molar-refractivity contribution in [2.24, 2.45) is 0 Å². The molecule has 7 rings (SSSR count). The van der Waals surface area contributed by atoms with Gasteiger partial charge in [0.25, 0.3) is 0 Å². The Morgan fingerprint density at radius 1 is 0.238 bits per heavy atom. The lowest BCUT2D eigenvalue weighted by molar-refractivity contribution is 0.0489. The van der Waals surface area contributed by atoms with Crippen molar-refractivity contribution in [2.45, 2.75) is 78.6 Å². The molecule has 0 aromatic heterocycles. The Balaban J connectivity index is 1.02. The summed E-state index contributed by atoms with van der Waals surface area (Å²) < 4.78 is 49.0. The molecular formula is C66H60O18. The van der Waals surface area contributed by atoms with Gasteiger partial charge in [-0.3, -0.25) is 0 Å². The molecule has 84 heavy (non-hydrogen) atoms. The zero-order chi connectivity index (χ0) is 59.8. The van der Waals surface area contributed by atoms with E-state index in [9.17, 15) is 43.2 Å². The van der Waals surface area contributed by atoms with Crippen molar-refractivity contribution in [2.75, 3.05) is 19.8 Å². The van der Waals surface area contributed by atoms with Crippen LogP contribution in [0.2, 0.25) is 0 Å². The summed E-state index contributed by atoms with van der Waals surface area (Å²) in [5, 5.41) is 0. The van der Waals surface area contributed by atoms with Crippen LogP contribution in [0.25, 0.3) is 0 Å². The first-order valence-corrected chi connectivity index (χ1v) is 27.3. The van der Waals surface area contributed by atoms with Crippen LogP contribution in [0.3, 0.4) is 0 Å². The smallest absolute Gasteiger partial charge is 0.344 e. The molecule has 0 saturated carbocycles. The van der Waals surface area contributed by atoms with Crippen molar-refractivity contribution in [1.29, 1.82) is 0 Å². The van der Waals surface area contributed by atoms with Gasteiger partial charge in [0.2, 0.25) is 0 Å². The zero-order valence-corrected chi connectivity index (χ0v) is 46.4. The molecule has 7 aromatic carbocycles. The molecule has 0 radical (unpaired) electrons. The van der Waals surface area contributed by atoms with Gasteiger partial charge in [0.1, 0.15) is 34.5 Å². The molecule has 0 aliphatic carbocycles. The summed E-state index contributed by atoms with van der Waals surface area (Å²) in [5.74, 6) is -6.51. The molecule has 0 fully saturated rings. The standard InChI is InChI=1S/C66H60O18/c1-4-7-10-39-76-58(67)43-13-26-50(27-14-43)79-61(70)46-19-32-53(33-20-46)82-64(73)49-25-38-56(65(74)83-54-34-21-47(22-35-54)62(71)80-51-28-15-44(16-29-51)59(68)77-40-11-8-5-2)57(42-49)66(75)84-55-36-23-48(24-37-55)63(72)81-52-30-17-45(18-31-52)60(69)78-41-12-9-6-3/h13-38,42H,4-12,39-41H2,1-3H3. The Kier molecular flexibility index (Phi) is 22.7. The molecular weight excluding hydrogens is 1080 g/mol. The van der Waals surface area contributed by atoms with Crippen LogP contribution in [0.4, 0.5) is 0 Å². The minimum absolute atomic E-state index is 0.000197. The van der Waals surface area contributed by atoms with E-state index in [0.717, 1.165) is 69.9 Å². The second-order valence-electron chi connectivity index (χ2n) is 18.8. The third-order valence-corrected chi connectivity index (χ3v) is 12.4. The van der Waals surface area contributed by atoms with E-state index in [-0.39, 0.29) is 67.9 Å². The highest BCUT2D eigenvalue weighted by atomic mass is 16.6. The SMILES string of the molecule is CCCCCOC(=O)c1ccc(OC(=O)c2ccc(OC(=O)c3ccc(C(=O)Oc4ccc(C(=O)Oc5ccc(C(=O)OCCCCC)cc5)cc4)c(C(=O)Oc4ccc(C(=O)Oc5ccc(C(=O)OCCCCC)cc5)cc4)c3)cc2)cc1. The first-order chi connectivity index (χ1) is 40.7. The lowest BCUT2D eigenvalue weighted by Crippen LogP contribution is -2.19. The van der Waals surface area contributed by atoms with Gasteiger partial charge in [-0.15, -0.1) is 0 Å². The van der Waals surface area contributed by atoms with E-state index in [1.807, 2.05) is 20.8 Å². The van der Waals surface area contributed by atoms with Crippen LogP contribution < -0.4 is 28.4 Å². The molecule has 0 N–H and O–H groups in total. The van der Waals surface area contributed by atoms with Crippen molar-refractivity contribution in [1.82, 2.24) is 0 Å². The number of carbonyl (C=O) groups excluding carboxylic acids is 9. The fraction of sp³-hybridized carbons (Fsp3) is 0.227. The molecule has 0 aliphatic rings. The van der Waals surface area contributed by atoms with Crippen molar-refractivity contribution in [3.05, 3.63) is 214 Å². The highest BCUT2D eigenvalue weighted by Gasteiger charge is 2.25. The fourth-order valence-corrected chi connectivity index (χ4v) is 7.76. The molecule has 0 aliphatic heterocycles.